The highest BCUT2D eigenvalue weighted by atomic mass is 16.1. The molecule has 0 spiro atoms. The standard InChI is InChI=1S/C17H22N2O/c1-6-7-14-18-16(13(5)17(20)19-14)15-11(3)8-10(2)9-12(15)4/h8-9H,6-7H2,1-5H3,(H,18,19,20). The first-order valence-electron chi connectivity index (χ1n) is 7.12. The van der Waals surface area contributed by atoms with Crippen molar-refractivity contribution >= 4 is 0 Å². The Bertz CT molecular complexity index is 676. The van der Waals surface area contributed by atoms with E-state index in [0.717, 1.165) is 29.9 Å². The molecule has 1 aromatic heterocycles. The van der Waals surface area contributed by atoms with Crippen LogP contribution in [-0.4, -0.2) is 9.97 Å². The van der Waals surface area contributed by atoms with Crippen molar-refractivity contribution in [3.05, 3.63) is 50.6 Å². The molecule has 0 amide bonds. The lowest BCUT2D eigenvalue weighted by Crippen LogP contribution is -2.16. The van der Waals surface area contributed by atoms with Crippen molar-refractivity contribution in [1.29, 1.82) is 0 Å². The first kappa shape index (κ1) is 14.5. The molecule has 3 nitrogen and oxygen atoms in total. The molecule has 0 radical (unpaired) electrons. The Labute approximate surface area is 120 Å². The molecule has 0 fully saturated rings. The summed E-state index contributed by atoms with van der Waals surface area (Å²) < 4.78 is 0. The molecule has 0 aliphatic heterocycles. The molecule has 0 aliphatic rings. The average Bonchev–Trinajstić information content (AvgIpc) is 2.34. The van der Waals surface area contributed by atoms with Crippen LogP contribution in [0.3, 0.4) is 0 Å². The van der Waals surface area contributed by atoms with Crippen LogP contribution < -0.4 is 5.56 Å². The smallest absolute Gasteiger partial charge is 0.254 e. The van der Waals surface area contributed by atoms with Gasteiger partial charge in [0, 0.05) is 17.5 Å². The van der Waals surface area contributed by atoms with Gasteiger partial charge in [0.15, 0.2) is 0 Å². The van der Waals surface area contributed by atoms with Crippen LogP contribution in [0.1, 0.15) is 41.4 Å². The predicted octanol–water partition coefficient (Wildman–Crippen LogP) is 3.62. The number of hydrogen-bond acceptors (Lipinski definition) is 2. The van der Waals surface area contributed by atoms with Crippen LogP contribution in [0.2, 0.25) is 0 Å². The lowest BCUT2D eigenvalue weighted by Gasteiger charge is -2.13. The Morgan fingerprint density at radius 2 is 1.70 bits per heavy atom. The molecule has 0 bridgehead atoms. The molecule has 3 heteroatoms. The lowest BCUT2D eigenvalue weighted by atomic mass is 9.95. The zero-order valence-corrected chi connectivity index (χ0v) is 12.9. The monoisotopic (exact) mass is 270 g/mol. The van der Waals surface area contributed by atoms with Crippen molar-refractivity contribution < 1.29 is 0 Å². The zero-order chi connectivity index (χ0) is 14.9. The summed E-state index contributed by atoms with van der Waals surface area (Å²) in [6, 6.07) is 4.29. The number of aryl methyl sites for hydroxylation is 4. The summed E-state index contributed by atoms with van der Waals surface area (Å²) in [4.78, 5) is 19.7. The summed E-state index contributed by atoms with van der Waals surface area (Å²) >= 11 is 0. The van der Waals surface area contributed by atoms with Gasteiger partial charge in [0.1, 0.15) is 5.82 Å². The van der Waals surface area contributed by atoms with Gasteiger partial charge in [0.25, 0.3) is 5.56 Å². The molecule has 0 saturated heterocycles. The fourth-order valence-corrected chi connectivity index (χ4v) is 2.73. The van der Waals surface area contributed by atoms with E-state index in [4.69, 9.17) is 0 Å². The van der Waals surface area contributed by atoms with E-state index < -0.39 is 0 Å². The normalized spacial score (nSPS) is 10.8. The third-order valence-electron chi connectivity index (χ3n) is 3.60. The molecule has 0 aliphatic carbocycles. The molecule has 106 valence electrons. The predicted molar refractivity (Wildman–Crippen MR) is 83.2 cm³/mol. The highest BCUT2D eigenvalue weighted by Gasteiger charge is 2.14. The number of hydrogen-bond donors (Lipinski definition) is 1. The van der Waals surface area contributed by atoms with Crippen LogP contribution in [0.5, 0.6) is 0 Å². The Hall–Kier alpha value is -1.90. The maximum Gasteiger partial charge on any atom is 0.254 e. The van der Waals surface area contributed by atoms with Crippen molar-refractivity contribution in [2.24, 2.45) is 0 Å². The van der Waals surface area contributed by atoms with Crippen LogP contribution in [0.4, 0.5) is 0 Å². The lowest BCUT2D eigenvalue weighted by molar-refractivity contribution is 0.822. The maximum atomic E-state index is 12.1. The third-order valence-corrected chi connectivity index (χ3v) is 3.60. The van der Waals surface area contributed by atoms with Gasteiger partial charge in [-0.05, 0) is 45.2 Å². The van der Waals surface area contributed by atoms with Gasteiger partial charge in [-0.2, -0.15) is 0 Å². The number of aromatic nitrogens is 2. The quantitative estimate of drug-likeness (QED) is 0.925. The minimum atomic E-state index is -0.0298. The fourth-order valence-electron chi connectivity index (χ4n) is 2.73. The van der Waals surface area contributed by atoms with Crippen molar-refractivity contribution in [2.45, 2.75) is 47.5 Å². The summed E-state index contributed by atoms with van der Waals surface area (Å²) in [5.41, 5.74) is 6.17. The largest absolute Gasteiger partial charge is 0.310 e. The first-order chi connectivity index (χ1) is 9.43. The minimum absolute atomic E-state index is 0.0298. The van der Waals surface area contributed by atoms with E-state index in [1.165, 1.54) is 16.7 Å². The highest BCUT2D eigenvalue weighted by molar-refractivity contribution is 5.70. The second kappa shape index (κ2) is 5.61. The molecule has 2 aromatic rings. The number of nitrogens with one attached hydrogen (secondary N) is 1. The average molecular weight is 270 g/mol. The summed E-state index contributed by atoms with van der Waals surface area (Å²) in [6.07, 6.45) is 1.77. The van der Waals surface area contributed by atoms with E-state index in [-0.39, 0.29) is 5.56 Å². The van der Waals surface area contributed by atoms with Gasteiger partial charge in [-0.15, -0.1) is 0 Å². The van der Waals surface area contributed by atoms with Crippen LogP contribution in [0, 0.1) is 27.7 Å². The summed E-state index contributed by atoms with van der Waals surface area (Å²) in [7, 11) is 0. The number of rotatable bonds is 3. The van der Waals surface area contributed by atoms with Gasteiger partial charge in [-0.3, -0.25) is 4.79 Å². The second-order valence-corrected chi connectivity index (χ2v) is 5.51. The third kappa shape index (κ3) is 2.67. The molecular formula is C17H22N2O. The van der Waals surface area contributed by atoms with Gasteiger partial charge < -0.3 is 4.98 Å². The first-order valence-corrected chi connectivity index (χ1v) is 7.12. The van der Waals surface area contributed by atoms with Gasteiger partial charge >= 0.3 is 0 Å². The maximum absolute atomic E-state index is 12.1. The van der Waals surface area contributed by atoms with Gasteiger partial charge in [0.05, 0.1) is 5.69 Å². The van der Waals surface area contributed by atoms with Crippen molar-refractivity contribution in [3.63, 3.8) is 0 Å². The molecule has 0 unspecified atom stereocenters. The topological polar surface area (TPSA) is 45.8 Å². The van der Waals surface area contributed by atoms with Gasteiger partial charge in [-0.25, -0.2) is 4.98 Å². The van der Waals surface area contributed by atoms with Crippen LogP contribution >= 0.6 is 0 Å². The highest BCUT2D eigenvalue weighted by Crippen LogP contribution is 2.28. The number of nitrogens with zero attached hydrogens (tertiary/aromatic N) is 1. The zero-order valence-electron chi connectivity index (χ0n) is 12.9. The molecule has 1 heterocycles. The molecule has 1 aromatic carbocycles. The molecular weight excluding hydrogens is 248 g/mol. The Balaban J connectivity index is 2.72. The summed E-state index contributed by atoms with van der Waals surface area (Å²) in [5, 5.41) is 0. The Morgan fingerprint density at radius 1 is 1.10 bits per heavy atom. The minimum Gasteiger partial charge on any atom is -0.310 e. The van der Waals surface area contributed by atoms with E-state index in [0.29, 0.717) is 5.56 Å². The van der Waals surface area contributed by atoms with Crippen LogP contribution in [0.15, 0.2) is 16.9 Å². The fraction of sp³-hybridized carbons (Fsp3) is 0.412. The van der Waals surface area contributed by atoms with Crippen LogP contribution in [0.25, 0.3) is 11.3 Å². The number of aromatic amines is 1. The SMILES string of the molecule is CCCc1nc(-c2c(C)cc(C)cc2C)c(C)c(=O)[nH]1. The van der Waals surface area contributed by atoms with E-state index in [1.807, 2.05) is 6.92 Å². The number of benzene rings is 1. The molecule has 2 rings (SSSR count). The van der Waals surface area contributed by atoms with Gasteiger partial charge in [-0.1, -0.05) is 24.6 Å². The molecule has 0 atom stereocenters. The number of H-pyrrole nitrogens is 1. The van der Waals surface area contributed by atoms with E-state index in [9.17, 15) is 4.79 Å². The Morgan fingerprint density at radius 3 is 2.25 bits per heavy atom. The van der Waals surface area contributed by atoms with Crippen LogP contribution in [-0.2, 0) is 6.42 Å². The summed E-state index contributed by atoms with van der Waals surface area (Å²) in [5.74, 6) is 0.775. The Kier molecular flexibility index (Phi) is 4.07. The van der Waals surface area contributed by atoms with Crippen molar-refractivity contribution in [1.82, 2.24) is 9.97 Å². The van der Waals surface area contributed by atoms with E-state index in [2.05, 4.69) is 49.8 Å². The second-order valence-electron chi connectivity index (χ2n) is 5.51. The van der Waals surface area contributed by atoms with Gasteiger partial charge in [0.2, 0.25) is 0 Å². The van der Waals surface area contributed by atoms with E-state index >= 15 is 0 Å². The van der Waals surface area contributed by atoms with Crippen molar-refractivity contribution in [2.75, 3.05) is 0 Å². The summed E-state index contributed by atoms with van der Waals surface area (Å²) in [6.45, 7) is 10.2. The molecule has 20 heavy (non-hydrogen) atoms. The molecule has 1 N–H and O–H groups in total. The van der Waals surface area contributed by atoms with Crippen molar-refractivity contribution in [3.8, 4) is 11.3 Å². The van der Waals surface area contributed by atoms with E-state index in [1.54, 1.807) is 0 Å². The molecule has 0 saturated carbocycles.